The van der Waals surface area contributed by atoms with Gasteiger partial charge >= 0.3 is 0 Å². The molecule has 142 valence electrons. The van der Waals surface area contributed by atoms with Crippen molar-refractivity contribution in [1.29, 1.82) is 0 Å². The maximum absolute atomic E-state index is 12.3. The number of nitrogens with one attached hydrogen (secondary N) is 1. The van der Waals surface area contributed by atoms with Gasteiger partial charge in [-0.25, -0.2) is 0 Å². The molecule has 0 saturated heterocycles. The lowest BCUT2D eigenvalue weighted by Gasteiger charge is -2.08. The van der Waals surface area contributed by atoms with Gasteiger partial charge in [-0.2, -0.15) is 5.10 Å². The van der Waals surface area contributed by atoms with Gasteiger partial charge in [-0.15, -0.1) is 0 Å². The molecule has 0 aliphatic rings. The fourth-order valence-corrected chi connectivity index (χ4v) is 3.04. The SMILES string of the molecule is Cc1cc(C)n(Cc2cccc(CNC(=O)c3cc(-c4ccco4)on3)c2)n1. The largest absolute Gasteiger partial charge is 0.461 e. The molecule has 7 nitrogen and oxygen atoms in total. The number of aryl methyl sites for hydroxylation is 2. The second kappa shape index (κ2) is 7.56. The van der Waals surface area contributed by atoms with Gasteiger partial charge in [0.2, 0.25) is 5.76 Å². The number of aromatic nitrogens is 3. The van der Waals surface area contributed by atoms with Gasteiger partial charge in [0.1, 0.15) is 0 Å². The number of amides is 1. The minimum Gasteiger partial charge on any atom is -0.461 e. The standard InChI is InChI=1S/C21H20N4O3/c1-14-9-15(2)25(23-14)13-17-6-3-5-16(10-17)12-22-21(26)18-11-20(28-24-18)19-7-4-8-27-19/h3-11H,12-13H2,1-2H3,(H,22,26). The summed E-state index contributed by atoms with van der Waals surface area (Å²) >= 11 is 0. The van der Waals surface area contributed by atoms with E-state index in [-0.39, 0.29) is 11.6 Å². The van der Waals surface area contributed by atoms with Gasteiger partial charge in [0.25, 0.3) is 5.91 Å². The molecule has 1 N–H and O–H groups in total. The van der Waals surface area contributed by atoms with E-state index in [4.69, 9.17) is 8.94 Å². The number of nitrogens with zero attached hydrogens (tertiary/aromatic N) is 3. The predicted octanol–water partition coefficient (Wildman–Crippen LogP) is 3.73. The smallest absolute Gasteiger partial charge is 0.273 e. The van der Waals surface area contributed by atoms with Crippen molar-refractivity contribution >= 4 is 5.91 Å². The van der Waals surface area contributed by atoms with Gasteiger partial charge in [0, 0.05) is 18.3 Å². The highest BCUT2D eigenvalue weighted by atomic mass is 16.5. The molecule has 0 fully saturated rings. The molecule has 3 heterocycles. The second-order valence-electron chi connectivity index (χ2n) is 6.64. The van der Waals surface area contributed by atoms with Crippen LogP contribution in [0.25, 0.3) is 11.5 Å². The van der Waals surface area contributed by atoms with Gasteiger partial charge < -0.3 is 14.3 Å². The Kier molecular flexibility index (Phi) is 4.80. The first-order chi connectivity index (χ1) is 13.6. The third-order valence-corrected chi connectivity index (χ3v) is 4.39. The maximum Gasteiger partial charge on any atom is 0.273 e. The van der Waals surface area contributed by atoms with Crippen LogP contribution in [0.2, 0.25) is 0 Å². The Morgan fingerprint density at radius 1 is 1.07 bits per heavy atom. The summed E-state index contributed by atoms with van der Waals surface area (Å²) in [5.41, 5.74) is 4.46. The molecule has 7 heteroatoms. The fraction of sp³-hybridized carbons (Fsp3) is 0.190. The molecular weight excluding hydrogens is 356 g/mol. The van der Waals surface area contributed by atoms with Crippen molar-refractivity contribution < 1.29 is 13.7 Å². The summed E-state index contributed by atoms with van der Waals surface area (Å²) in [6.45, 7) is 5.11. The lowest BCUT2D eigenvalue weighted by Crippen LogP contribution is -2.23. The van der Waals surface area contributed by atoms with Gasteiger partial charge in [-0.05, 0) is 43.2 Å². The van der Waals surface area contributed by atoms with E-state index in [2.05, 4.69) is 33.8 Å². The van der Waals surface area contributed by atoms with Crippen LogP contribution in [0.3, 0.4) is 0 Å². The van der Waals surface area contributed by atoms with E-state index in [1.807, 2.05) is 30.7 Å². The van der Waals surface area contributed by atoms with Crippen LogP contribution in [0.15, 0.2) is 63.7 Å². The molecule has 1 aromatic carbocycles. The zero-order chi connectivity index (χ0) is 19.5. The second-order valence-corrected chi connectivity index (χ2v) is 6.64. The minimum absolute atomic E-state index is 0.213. The Hall–Kier alpha value is -3.61. The van der Waals surface area contributed by atoms with Gasteiger partial charge in [-0.1, -0.05) is 29.4 Å². The molecule has 0 bridgehead atoms. The minimum atomic E-state index is -0.300. The lowest BCUT2D eigenvalue weighted by atomic mass is 10.1. The maximum atomic E-state index is 12.3. The van der Waals surface area contributed by atoms with E-state index in [1.54, 1.807) is 18.2 Å². The molecule has 0 saturated carbocycles. The van der Waals surface area contributed by atoms with Crippen LogP contribution in [0.4, 0.5) is 0 Å². The summed E-state index contributed by atoms with van der Waals surface area (Å²) in [7, 11) is 0. The predicted molar refractivity (Wildman–Crippen MR) is 103 cm³/mol. The van der Waals surface area contributed by atoms with Crippen molar-refractivity contribution in [2.24, 2.45) is 0 Å². The summed E-state index contributed by atoms with van der Waals surface area (Å²) in [6.07, 6.45) is 1.54. The Morgan fingerprint density at radius 3 is 2.68 bits per heavy atom. The summed E-state index contributed by atoms with van der Waals surface area (Å²) in [5.74, 6) is 0.649. The van der Waals surface area contributed by atoms with Crippen molar-refractivity contribution in [1.82, 2.24) is 20.3 Å². The number of rotatable bonds is 6. The first kappa shape index (κ1) is 17.8. The Labute approximate surface area is 162 Å². The first-order valence-electron chi connectivity index (χ1n) is 8.96. The molecule has 0 atom stereocenters. The Morgan fingerprint density at radius 2 is 1.93 bits per heavy atom. The van der Waals surface area contributed by atoms with Crippen molar-refractivity contribution in [2.45, 2.75) is 26.9 Å². The third kappa shape index (κ3) is 3.88. The molecule has 4 aromatic rings. The van der Waals surface area contributed by atoms with Crippen LogP contribution in [0.5, 0.6) is 0 Å². The topological polar surface area (TPSA) is 86.1 Å². The Bertz CT molecular complexity index is 1090. The number of carbonyl (C=O) groups excluding carboxylic acids is 1. The first-order valence-corrected chi connectivity index (χ1v) is 8.96. The number of hydrogen-bond donors (Lipinski definition) is 1. The lowest BCUT2D eigenvalue weighted by molar-refractivity contribution is 0.0942. The summed E-state index contributed by atoms with van der Waals surface area (Å²) < 4.78 is 12.4. The van der Waals surface area contributed by atoms with Gasteiger partial charge in [0.05, 0.1) is 18.5 Å². The fourth-order valence-electron chi connectivity index (χ4n) is 3.04. The Balaban J connectivity index is 1.39. The van der Waals surface area contributed by atoms with Crippen LogP contribution in [-0.4, -0.2) is 20.8 Å². The van der Waals surface area contributed by atoms with Crippen LogP contribution in [-0.2, 0) is 13.1 Å². The average Bonchev–Trinajstić information content (AvgIpc) is 3.41. The van der Waals surface area contributed by atoms with Crippen LogP contribution in [0, 0.1) is 13.8 Å². The van der Waals surface area contributed by atoms with E-state index in [0.717, 1.165) is 22.5 Å². The zero-order valence-electron chi connectivity index (χ0n) is 15.7. The highest BCUT2D eigenvalue weighted by Gasteiger charge is 2.15. The third-order valence-electron chi connectivity index (χ3n) is 4.39. The summed E-state index contributed by atoms with van der Waals surface area (Å²) in [6, 6.07) is 15.2. The molecule has 0 aliphatic heterocycles. The average molecular weight is 376 g/mol. The van der Waals surface area contributed by atoms with Crippen LogP contribution in [0.1, 0.15) is 33.0 Å². The molecule has 0 radical (unpaired) electrons. The summed E-state index contributed by atoms with van der Waals surface area (Å²) in [4.78, 5) is 12.3. The van der Waals surface area contributed by atoms with E-state index >= 15 is 0 Å². The molecular formula is C21H20N4O3. The van der Waals surface area contributed by atoms with Crippen molar-refractivity contribution in [3.05, 3.63) is 83.0 Å². The van der Waals surface area contributed by atoms with E-state index < -0.39 is 0 Å². The zero-order valence-corrected chi connectivity index (χ0v) is 15.7. The molecule has 3 aromatic heterocycles. The highest BCUT2D eigenvalue weighted by molar-refractivity contribution is 5.92. The summed E-state index contributed by atoms with van der Waals surface area (Å²) in [5, 5.41) is 11.2. The quantitative estimate of drug-likeness (QED) is 0.554. The number of benzene rings is 1. The molecule has 1 amide bonds. The van der Waals surface area contributed by atoms with Crippen molar-refractivity contribution in [3.63, 3.8) is 0 Å². The molecule has 28 heavy (non-hydrogen) atoms. The van der Waals surface area contributed by atoms with E-state index in [1.165, 1.54) is 6.26 Å². The molecule has 0 spiro atoms. The number of furan rings is 1. The number of carbonyl (C=O) groups is 1. The van der Waals surface area contributed by atoms with Gasteiger partial charge in [-0.3, -0.25) is 9.48 Å². The highest BCUT2D eigenvalue weighted by Crippen LogP contribution is 2.20. The van der Waals surface area contributed by atoms with E-state index in [9.17, 15) is 4.79 Å². The van der Waals surface area contributed by atoms with Crippen LogP contribution < -0.4 is 5.32 Å². The van der Waals surface area contributed by atoms with Crippen molar-refractivity contribution in [2.75, 3.05) is 0 Å². The van der Waals surface area contributed by atoms with Crippen LogP contribution >= 0.6 is 0 Å². The monoisotopic (exact) mass is 376 g/mol. The van der Waals surface area contributed by atoms with E-state index in [0.29, 0.717) is 24.6 Å². The number of hydrogen-bond acceptors (Lipinski definition) is 5. The van der Waals surface area contributed by atoms with Gasteiger partial charge in [0.15, 0.2) is 11.5 Å². The molecule has 0 aliphatic carbocycles. The normalized spacial score (nSPS) is 10.9. The van der Waals surface area contributed by atoms with Crippen molar-refractivity contribution in [3.8, 4) is 11.5 Å². The molecule has 4 rings (SSSR count). The molecule has 0 unspecified atom stereocenters.